The SMILES string of the molecule is CC(C1CC1)N1C[C@H]2CN(C)C[C@H]2C1.CCN1C[C@@H]2CN(C)C[C@]2(C)C1.CN1CC(N2C[C@@H]3CN(C)C[C@]3(C)C2)C1.CN1CC2(CC(N(C)C)C2)C1.CN1CC2(CC(N(C)C)C2)C1.CN1C[C@H]2CN(C3CCC3)C[C@@]2(C)C1.CN1C[C@H]2CN(C3CNC3)C[C@@]2(C)C1. The van der Waals surface area contributed by atoms with Gasteiger partial charge in [-0.05, 0) is 223 Å². The van der Waals surface area contributed by atoms with Gasteiger partial charge in [-0.3, -0.25) is 19.6 Å². The zero-order chi connectivity index (χ0) is 64.7. The summed E-state index contributed by atoms with van der Waals surface area (Å²) in [6.07, 6.45) is 13.1. The van der Waals surface area contributed by atoms with E-state index in [4.69, 9.17) is 0 Å². The highest BCUT2D eigenvalue weighted by molar-refractivity contribution is 5.10. The number of likely N-dealkylation sites (tertiary alicyclic amines) is 13. The smallest absolute Gasteiger partial charge is 0.0350 e. The van der Waals surface area contributed by atoms with Crippen molar-refractivity contribution in [2.45, 2.75) is 136 Å². The third kappa shape index (κ3) is 15.7. The molecule has 0 radical (unpaired) electrons. The number of hydrogen-bond acceptors (Lipinski definition) is 16. The highest BCUT2D eigenvalue weighted by Gasteiger charge is 2.56. The van der Waals surface area contributed by atoms with Crippen LogP contribution in [0.15, 0.2) is 0 Å². The highest BCUT2D eigenvalue weighted by atomic mass is 15.3. The Hall–Kier alpha value is -0.640. The van der Waals surface area contributed by atoms with Crippen molar-refractivity contribution >= 4 is 0 Å². The van der Waals surface area contributed by atoms with Crippen LogP contribution >= 0.6 is 0 Å². The van der Waals surface area contributed by atoms with Gasteiger partial charge >= 0.3 is 0 Å². The van der Waals surface area contributed by atoms with E-state index in [0.717, 1.165) is 88.5 Å². The van der Waals surface area contributed by atoms with Crippen LogP contribution < -0.4 is 5.32 Å². The van der Waals surface area contributed by atoms with Crippen LogP contribution in [0.5, 0.6) is 0 Å². The lowest BCUT2D eigenvalue weighted by Gasteiger charge is -2.59. The average Bonchev–Trinajstić information content (AvgIpc) is 1.73. The van der Waals surface area contributed by atoms with Gasteiger partial charge in [-0.25, -0.2) is 0 Å². The summed E-state index contributed by atoms with van der Waals surface area (Å²) in [4.78, 5) is 38.1. The Morgan fingerprint density at radius 1 is 0.385 bits per heavy atom. The Balaban J connectivity index is 0.000000103. The summed E-state index contributed by atoms with van der Waals surface area (Å²) >= 11 is 0. The fourth-order valence-electron chi connectivity index (χ4n) is 22.8. The van der Waals surface area contributed by atoms with E-state index in [1.165, 1.54) is 248 Å². The molecule has 0 aromatic heterocycles. The molecular weight excluding hydrogens is 1120 g/mol. The molecule has 2 spiro atoms. The molecule has 0 bridgehead atoms. The molecule has 524 valence electrons. The standard InChI is InChI=1S/C12H23N3.2C12H22N2.C11H21N3.C10H20N2.2C9H18N2/c1-12-8-14(3)4-10(12)5-15(9-12)11-6-13(2)7-11;1-9(10-3-4-10)14-7-11-5-13(2)6-12(11)8-14;1-12-8-13(2)6-10(12)7-14(9-12)11-4-3-5-11;1-11-7-13(2)5-9(11)6-14(8-11)10-3-12-4-10;1-4-12-6-9-5-11(3)7-10(9,2)8-12;2*1-10(2)8-4-9(5-8)6-11(3)7-9/h10-11H,4-9H2,1-3H3;9-12H,3-8H2,1-2H3;10-11H,3-9H2,1-2H3;9-10,12H,3-8H2,1-2H3;9H,4-8H2,1-3H3;2*8H,4-7H2,1-3H3/t10-,12+;9?,11-,12+;10-,12+;9-,11+;9-,10+;;/m0.000../s1. The van der Waals surface area contributed by atoms with Crippen LogP contribution in [0.1, 0.15) is 99.3 Å². The maximum absolute atomic E-state index is 3.37. The first-order chi connectivity index (χ1) is 43.0. The minimum absolute atomic E-state index is 0.586. The number of hydrogen-bond donors (Lipinski definition) is 1. The Morgan fingerprint density at radius 3 is 1.07 bits per heavy atom. The largest absolute Gasteiger partial charge is 0.314 e. The van der Waals surface area contributed by atoms with Crippen molar-refractivity contribution in [3.63, 3.8) is 0 Å². The van der Waals surface area contributed by atoms with Gasteiger partial charge in [0.15, 0.2) is 0 Å². The van der Waals surface area contributed by atoms with Crippen LogP contribution in [0, 0.1) is 73.9 Å². The number of nitrogens with one attached hydrogen (secondary N) is 1. The van der Waals surface area contributed by atoms with Crippen LogP contribution in [0.25, 0.3) is 0 Å². The molecule has 11 atom stereocenters. The van der Waals surface area contributed by atoms with Crippen LogP contribution in [0.4, 0.5) is 0 Å². The number of nitrogens with zero attached hydrogens (tertiary/aromatic N) is 15. The van der Waals surface area contributed by atoms with Gasteiger partial charge in [-0.15, -0.1) is 0 Å². The Morgan fingerprint density at radius 2 is 0.758 bits per heavy atom. The lowest BCUT2D eigenvalue weighted by Crippen LogP contribution is -2.64. The van der Waals surface area contributed by atoms with Gasteiger partial charge in [0.2, 0.25) is 0 Å². The zero-order valence-corrected chi connectivity index (χ0v) is 62.6. The molecule has 0 amide bonds. The minimum atomic E-state index is 0.586. The molecular formula is C75H144N16. The second-order valence-electron chi connectivity index (χ2n) is 38.2. The maximum Gasteiger partial charge on any atom is 0.0350 e. The first-order valence-electron chi connectivity index (χ1n) is 38.2. The van der Waals surface area contributed by atoms with Crippen molar-refractivity contribution in [2.75, 3.05) is 274 Å². The molecule has 4 saturated carbocycles. The fraction of sp³-hybridized carbons (Fsp3) is 1.00. The topological polar surface area (TPSA) is 60.6 Å². The summed E-state index contributed by atoms with van der Waals surface area (Å²) in [7, 11) is 26.8. The van der Waals surface area contributed by atoms with Gasteiger partial charge in [0.25, 0.3) is 0 Å². The molecule has 1 N–H and O–H groups in total. The third-order valence-electron chi connectivity index (χ3n) is 28.7. The molecule has 18 aliphatic rings. The summed E-state index contributed by atoms with van der Waals surface area (Å²) in [5, 5.41) is 3.37. The monoisotopic (exact) mass is 1270 g/mol. The quantitative estimate of drug-likeness (QED) is 0.359. The van der Waals surface area contributed by atoms with E-state index < -0.39 is 0 Å². The van der Waals surface area contributed by atoms with Gasteiger partial charge in [-0.2, -0.15) is 0 Å². The molecule has 18 rings (SSSR count). The molecule has 18 fully saturated rings. The second kappa shape index (κ2) is 27.8. The van der Waals surface area contributed by atoms with Gasteiger partial charge in [0, 0.05) is 220 Å². The van der Waals surface area contributed by atoms with Crippen molar-refractivity contribution in [2.24, 2.45) is 73.9 Å². The first kappa shape index (κ1) is 70.2. The Bertz CT molecular complexity index is 2230. The van der Waals surface area contributed by atoms with Crippen molar-refractivity contribution in [1.29, 1.82) is 0 Å². The van der Waals surface area contributed by atoms with E-state index in [1.807, 2.05) is 0 Å². The molecule has 4 aliphatic carbocycles. The van der Waals surface area contributed by atoms with E-state index in [2.05, 4.69) is 205 Å². The molecule has 0 aromatic rings. The molecule has 16 nitrogen and oxygen atoms in total. The van der Waals surface area contributed by atoms with E-state index in [-0.39, 0.29) is 0 Å². The van der Waals surface area contributed by atoms with E-state index >= 15 is 0 Å². The molecule has 14 saturated heterocycles. The number of rotatable bonds is 8. The van der Waals surface area contributed by atoms with Gasteiger partial charge in [0.1, 0.15) is 0 Å². The fourth-order valence-corrected chi connectivity index (χ4v) is 22.8. The van der Waals surface area contributed by atoms with Crippen LogP contribution in [-0.2, 0) is 0 Å². The molecule has 14 aliphatic heterocycles. The Labute approximate surface area is 560 Å². The van der Waals surface area contributed by atoms with Crippen molar-refractivity contribution in [1.82, 2.24) is 78.8 Å². The van der Waals surface area contributed by atoms with Crippen molar-refractivity contribution in [3.8, 4) is 0 Å². The maximum atomic E-state index is 3.37. The lowest BCUT2D eigenvalue weighted by atomic mass is 9.60. The average molecular weight is 1270 g/mol. The number of fused-ring (bicyclic) bond motifs is 5. The summed E-state index contributed by atoms with van der Waals surface area (Å²) < 4.78 is 0. The van der Waals surface area contributed by atoms with E-state index in [1.54, 1.807) is 0 Å². The summed E-state index contributed by atoms with van der Waals surface area (Å²) in [5.41, 5.74) is 3.90. The lowest BCUT2D eigenvalue weighted by molar-refractivity contribution is -0.0886. The van der Waals surface area contributed by atoms with Gasteiger partial charge in [0.05, 0.1) is 0 Å². The van der Waals surface area contributed by atoms with Gasteiger partial charge < -0.3 is 59.2 Å². The zero-order valence-electron chi connectivity index (χ0n) is 62.6. The van der Waals surface area contributed by atoms with Crippen LogP contribution in [0.3, 0.4) is 0 Å². The molecule has 14 heterocycles. The van der Waals surface area contributed by atoms with Crippen LogP contribution in [-0.4, -0.2) is 384 Å². The second-order valence-corrected chi connectivity index (χ2v) is 38.2. The Kier molecular flexibility index (Phi) is 21.5. The minimum Gasteiger partial charge on any atom is -0.314 e. The summed E-state index contributed by atoms with van der Waals surface area (Å²) in [6, 6.07) is 5.31. The van der Waals surface area contributed by atoms with E-state index in [9.17, 15) is 0 Å². The molecule has 16 heteroatoms. The number of likely N-dealkylation sites (N-methyl/N-ethyl adjacent to an activating group) is 1. The van der Waals surface area contributed by atoms with Crippen LogP contribution in [0.2, 0.25) is 0 Å². The van der Waals surface area contributed by atoms with Crippen molar-refractivity contribution in [3.05, 3.63) is 0 Å². The molecule has 0 aromatic carbocycles. The highest BCUT2D eigenvalue weighted by Crippen LogP contribution is 2.51. The predicted octanol–water partition coefficient (Wildman–Crippen LogP) is 4.90. The molecule has 1 unspecified atom stereocenters. The normalized spacial score (nSPS) is 40.9. The first-order valence-corrected chi connectivity index (χ1v) is 38.2. The van der Waals surface area contributed by atoms with Crippen molar-refractivity contribution < 1.29 is 0 Å². The summed E-state index contributed by atoms with van der Waals surface area (Å²) in [5.74, 6) is 6.76. The van der Waals surface area contributed by atoms with Gasteiger partial charge in [-0.1, -0.05) is 41.0 Å². The summed E-state index contributed by atoms with van der Waals surface area (Å²) in [6.45, 7) is 53.0. The third-order valence-corrected chi connectivity index (χ3v) is 28.7. The molecule has 91 heavy (non-hydrogen) atoms. The van der Waals surface area contributed by atoms with E-state index in [0.29, 0.717) is 21.7 Å². The predicted molar refractivity (Wildman–Crippen MR) is 380 cm³/mol.